The van der Waals surface area contributed by atoms with E-state index in [9.17, 15) is 5.11 Å². The molecule has 6 N–H and O–H groups in total. The first-order valence-electron chi connectivity index (χ1n) is 13.5. The maximum Gasteiger partial charge on any atom is 0.183 e. The van der Waals surface area contributed by atoms with Crippen LogP contribution in [0.15, 0.2) is 11.6 Å². The van der Waals surface area contributed by atoms with Gasteiger partial charge in [0.1, 0.15) is 0 Å². The fourth-order valence-electron chi connectivity index (χ4n) is 8.67. The van der Waals surface area contributed by atoms with Crippen LogP contribution in [0.3, 0.4) is 0 Å². The van der Waals surface area contributed by atoms with Crippen molar-refractivity contribution in [1.82, 2.24) is 0 Å². The second kappa shape index (κ2) is 10.1. The first-order chi connectivity index (χ1) is 15.0. The van der Waals surface area contributed by atoms with Crippen molar-refractivity contribution >= 4 is 5.96 Å². The number of nitrogens with two attached hydrogens (primary N) is 2. The zero-order valence-corrected chi connectivity index (χ0v) is 21.5. The van der Waals surface area contributed by atoms with Crippen LogP contribution < -0.4 is 11.5 Å². The van der Waals surface area contributed by atoms with Crippen LogP contribution in [0.1, 0.15) is 105 Å². The van der Waals surface area contributed by atoms with Crippen LogP contribution in [-0.4, -0.2) is 17.2 Å². The van der Waals surface area contributed by atoms with Gasteiger partial charge < -0.3 is 16.6 Å². The molecular formula is C28H51N3O. The number of aliphatic hydroxyl groups is 1. The zero-order valence-electron chi connectivity index (χ0n) is 21.5. The van der Waals surface area contributed by atoms with Crippen molar-refractivity contribution in [2.45, 2.75) is 111 Å². The largest absolute Gasteiger partial charge is 0.393 e. The fourth-order valence-corrected chi connectivity index (χ4v) is 8.67. The maximum atomic E-state index is 10.2. The Morgan fingerprint density at radius 2 is 1.75 bits per heavy atom. The maximum absolute atomic E-state index is 10.2. The van der Waals surface area contributed by atoms with Crippen LogP contribution in [0.2, 0.25) is 0 Å². The highest BCUT2D eigenvalue weighted by molar-refractivity contribution is 5.71. The van der Waals surface area contributed by atoms with E-state index in [1.165, 1.54) is 57.8 Å². The van der Waals surface area contributed by atoms with Crippen molar-refractivity contribution in [3.8, 4) is 0 Å². The number of fused-ring (bicyclic) bond motifs is 5. The van der Waals surface area contributed by atoms with E-state index in [0.29, 0.717) is 10.8 Å². The minimum Gasteiger partial charge on any atom is -0.393 e. The van der Waals surface area contributed by atoms with Crippen LogP contribution in [-0.2, 0) is 0 Å². The summed E-state index contributed by atoms with van der Waals surface area (Å²) < 4.78 is 0. The summed E-state index contributed by atoms with van der Waals surface area (Å²) in [5, 5.41) is 16.3. The molecule has 4 aliphatic carbocycles. The highest BCUT2D eigenvalue weighted by atomic mass is 16.3. The fraction of sp³-hybridized carbons (Fsp3) is 0.893. The van der Waals surface area contributed by atoms with Crippen LogP contribution in [0, 0.1) is 51.7 Å². The predicted molar refractivity (Wildman–Crippen MR) is 135 cm³/mol. The van der Waals surface area contributed by atoms with E-state index in [2.05, 4.69) is 52.2 Å². The van der Waals surface area contributed by atoms with Crippen LogP contribution >= 0.6 is 0 Å². The van der Waals surface area contributed by atoms with Crippen LogP contribution in [0.5, 0.6) is 0 Å². The van der Waals surface area contributed by atoms with Gasteiger partial charge in [0.2, 0.25) is 0 Å². The summed E-state index contributed by atoms with van der Waals surface area (Å²) in [5.41, 5.74) is 11.5. The molecule has 0 aliphatic heterocycles. The zero-order chi connectivity index (χ0) is 23.7. The SMILES string of the molecule is CC(C)CCC[C@@H](C)[C@H]1CC[C@H]2[C@@H]3CC=C4C[C@@H](O)CC[C@]4(C)[C@H]3CC[C@]12C.N=C(N)N. The summed E-state index contributed by atoms with van der Waals surface area (Å²) in [6.45, 7) is 12.6. The Morgan fingerprint density at radius 3 is 2.41 bits per heavy atom. The minimum absolute atomic E-state index is 0.0766. The highest BCUT2D eigenvalue weighted by Gasteiger charge is 2.59. The van der Waals surface area contributed by atoms with Gasteiger partial charge in [-0.15, -0.1) is 0 Å². The molecule has 0 saturated heterocycles. The number of guanidine groups is 1. The van der Waals surface area contributed by atoms with Gasteiger partial charge in [-0.25, -0.2) is 0 Å². The van der Waals surface area contributed by atoms with E-state index in [1.807, 2.05) is 0 Å². The van der Waals surface area contributed by atoms with Crippen molar-refractivity contribution < 1.29 is 5.11 Å². The van der Waals surface area contributed by atoms with E-state index in [-0.39, 0.29) is 12.1 Å². The smallest absolute Gasteiger partial charge is 0.183 e. The molecule has 32 heavy (non-hydrogen) atoms. The number of hydrogen-bond donors (Lipinski definition) is 4. The molecule has 0 unspecified atom stereocenters. The molecule has 0 aromatic rings. The molecule has 4 aliphatic rings. The molecule has 3 saturated carbocycles. The van der Waals surface area contributed by atoms with E-state index in [0.717, 1.165) is 48.3 Å². The van der Waals surface area contributed by atoms with Crippen molar-refractivity contribution in [2.24, 2.45) is 57.8 Å². The Hall–Kier alpha value is -1.03. The van der Waals surface area contributed by atoms with Crippen LogP contribution in [0.25, 0.3) is 0 Å². The summed E-state index contributed by atoms with van der Waals surface area (Å²) in [6.07, 6.45) is 17.2. The minimum atomic E-state index is -0.333. The average molecular weight is 446 g/mol. The van der Waals surface area contributed by atoms with Gasteiger partial charge in [0, 0.05) is 0 Å². The lowest BCUT2D eigenvalue weighted by Gasteiger charge is -2.58. The molecule has 0 heterocycles. The Labute approximate surface area is 197 Å². The molecule has 8 atom stereocenters. The van der Waals surface area contributed by atoms with Crippen molar-refractivity contribution in [3.63, 3.8) is 0 Å². The lowest BCUT2D eigenvalue weighted by molar-refractivity contribution is -0.0573. The first kappa shape index (κ1) is 25.6. The number of aliphatic hydroxyl groups excluding tert-OH is 1. The quantitative estimate of drug-likeness (QED) is 0.229. The number of allylic oxidation sites excluding steroid dienone is 1. The molecule has 4 heteroatoms. The second-order valence-electron chi connectivity index (χ2n) is 12.6. The van der Waals surface area contributed by atoms with Gasteiger partial charge in [0.25, 0.3) is 0 Å². The molecule has 0 radical (unpaired) electrons. The molecule has 0 amide bonds. The van der Waals surface area contributed by atoms with Crippen molar-refractivity contribution in [3.05, 3.63) is 11.6 Å². The molecule has 0 bridgehead atoms. The van der Waals surface area contributed by atoms with Gasteiger partial charge in [-0.05, 0) is 97.7 Å². The van der Waals surface area contributed by atoms with Gasteiger partial charge in [-0.3, -0.25) is 5.41 Å². The van der Waals surface area contributed by atoms with Gasteiger partial charge in [0.05, 0.1) is 6.10 Å². The molecule has 0 aromatic carbocycles. The number of nitrogens with one attached hydrogen (secondary N) is 1. The van der Waals surface area contributed by atoms with Gasteiger partial charge in [-0.1, -0.05) is 65.5 Å². The molecule has 3 fully saturated rings. The normalized spacial score (nSPS) is 41.5. The molecule has 4 nitrogen and oxygen atoms in total. The average Bonchev–Trinajstić information content (AvgIpc) is 3.05. The third-order valence-electron chi connectivity index (χ3n) is 10.3. The topological polar surface area (TPSA) is 96.1 Å². The summed E-state index contributed by atoms with van der Waals surface area (Å²) in [7, 11) is 0. The standard InChI is InChI=1S/C27H46O.CH5N3/c1-18(2)7-6-8-19(3)23-11-12-24-22-10-9-20-17-21(28)13-15-26(20,4)25(22)14-16-27(23,24)5;2-1(3)4/h9,18-19,21-25,28H,6-8,10-17H2,1-5H3;(H5,2,3,4)/t19-,21+,22+,23-,24+,25+,26+,27-;/m1./s1. The Balaban J connectivity index is 0.000000668. The third kappa shape index (κ3) is 5.05. The van der Waals surface area contributed by atoms with Crippen molar-refractivity contribution in [2.75, 3.05) is 0 Å². The summed E-state index contributed by atoms with van der Waals surface area (Å²) in [5.74, 6) is 5.12. The summed E-state index contributed by atoms with van der Waals surface area (Å²) >= 11 is 0. The van der Waals surface area contributed by atoms with Gasteiger partial charge in [-0.2, -0.15) is 0 Å². The highest BCUT2D eigenvalue weighted by Crippen LogP contribution is 2.67. The second-order valence-corrected chi connectivity index (χ2v) is 12.6. The van der Waals surface area contributed by atoms with Crippen LogP contribution in [0.4, 0.5) is 0 Å². The summed E-state index contributed by atoms with van der Waals surface area (Å²) in [6, 6.07) is 0. The van der Waals surface area contributed by atoms with Gasteiger partial charge in [0.15, 0.2) is 5.96 Å². The monoisotopic (exact) mass is 445 g/mol. The third-order valence-corrected chi connectivity index (χ3v) is 10.3. The Morgan fingerprint density at radius 1 is 1.06 bits per heavy atom. The lowest BCUT2D eigenvalue weighted by atomic mass is 9.47. The molecule has 4 rings (SSSR count). The molecule has 184 valence electrons. The number of rotatable bonds is 5. The Kier molecular flexibility index (Phi) is 8.06. The van der Waals surface area contributed by atoms with E-state index in [1.54, 1.807) is 5.57 Å². The molecular weight excluding hydrogens is 394 g/mol. The van der Waals surface area contributed by atoms with E-state index in [4.69, 9.17) is 5.41 Å². The molecule has 0 spiro atoms. The van der Waals surface area contributed by atoms with Crippen molar-refractivity contribution in [1.29, 1.82) is 5.41 Å². The van der Waals surface area contributed by atoms with Gasteiger partial charge >= 0.3 is 0 Å². The Bertz CT molecular complexity index is 684. The first-order valence-corrected chi connectivity index (χ1v) is 13.5. The number of hydrogen-bond acceptors (Lipinski definition) is 2. The predicted octanol–water partition coefficient (Wildman–Crippen LogP) is 6.23. The summed E-state index contributed by atoms with van der Waals surface area (Å²) in [4.78, 5) is 0. The van der Waals surface area contributed by atoms with E-state index >= 15 is 0 Å². The lowest BCUT2D eigenvalue weighted by Crippen LogP contribution is -2.50. The van der Waals surface area contributed by atoms with E-state index < -0.39 is 0 Å². The molecule has 0 aromatic heterocycles.